The first kappa shape index (κ1) is 11.9. The van der Waals surface area contributed by atoms with Crippen molar-refractivity contribution in [2.45, 2.75) is 13.3 Å². The van der Waals surface area contributed by atoms with Crippen LogP contribution >= 0.6 is 11.5 Å². The number of benzene rings is 1. The molecule has 1 aromatic carbocycles. The minimum absolute atomic E-state index is 0.783. The lowest BCUT2D eigenvalue weighted by Crippen LogP contribution is -2.22. The molecule has 0 spiro atoms. The van der Waals surface area contributed by atoms with Crippen molar-refractivity contribution in [3.63, 3.8) is 0 Å². The van der Waals surface area contributed by atoms with Crippen molar-refractivity contribution in [2.75, 3.05) is 31.5 Å². The average molecular weight is 261 g/mol. The van der Waals surface area contributed by atoms with Crippen molar-refractivity contribution >= 4 is 27.4 Å². The molecule has 0 aliphatic carbocycles. The molecule has 1 saturated heterocycles. The normalized spacial score (nSPS) is 20.6. The van der Waals surface area contributed by atoms with E-state index in [1.54, 1.807) is 11.5 Å². The van der Waals surface area contributed by atoms with Gasteiger partial charge in [0.05, 0.1) is 5.52 Å². The van der Waals surface area contributed by atoms with Crippen LogP contribution in [0.25, 0.3) is 10.9 Å². The first-order valence-electron chi connectivity index (χ1n) is 6.67. The third-order valence-electron chi connectivity index (χ3n) is 3.75. The van der Waals surface area contributed by atoms with Gasteiger partial charge in [0.25, 0.3) is 0 Å². The molecule has 18 heavy (non-hydrogen) atoms. The molecule has 0 bridgehead atoms. The number of aromatic nitrogens is 1. The van der Waals surface area contributed by atoms with E-state index < -0.39 is 0 Å². The van der Waals surface area contributed by atoms with Crippen LogP contribution in [-0.4, -0.2) is 35.5 Å². The predicted molar refractivity (Wildman–Crippen MR) is 78.3 cm³/mol. The van der Waals surface area contributed by atoms with Crippen molar-refractivity contribution in [3.8, 4) is 0 Å². The molecule has 1 atom stereocenters. The lowest BCUT2D eigenvalue weighted by atomic mass is 10.1. The van der Waals surface area contributed by atoms with E-state index in [0.717, 1.165) is 18.0 Å². The molecule has 1 N–H and O–H groups in total. The third-order valence-corrected chi connectivity index (χ3v) is 4.59. The Bertz CT molecular complexity index is 522. The standard InChI is InChI=1S/C14H19N3S/c1-2-17-8-7-11(10-17)9-15-14-12-5-3-4-6-13(12)16-18-14/h3-6,11,15H,2,7-10H2,1H3. The van der Waals surface area contributed by atoms with Gasteiger partial charge < -0.3 is 10.2 Å². The summed E-state index contributed by atoms with van der Waals surface area (Å²) in [4.78, 5) is 2.52. The molecule has 1 aromatic heterocycles. The number of anilines is 1. The van der Waals surface area contributed by atoms with Gasteiger partial charge in [-0.1, -0.05) is 19.1 Å². The van der Waals surface area contributed by atoms with Crippen molar-refractivity contribution < 1.29 is 0 Å². The van der Waals surface area contributed by atoms with Crippen LogP contribution in [0.4, 0.5) is 5.00 Å². The molecule has 96 valence electrons. The molecule has 0 radical (unpaired) electrons. The highest BCUT2D eigenvalue weighted by molar-refractivity contribution is 7.11. The Hall–Kier alpha value is -1.13. The second kappa shape index (κ2) is 5.24. The van der Waals surface area contributed by atoms with Crippen LogP contribution in [0.2, 0.25) is 0 Å². The van der Waals surface area contributed by atoms with E-state index in [-0.39, 0.29) is 0 Å². The highest BCUT2D eigenvalue weighted by Gasteiger charge is 2.21. The average Bonchev–Trinajstić information content (AvgIpc) is 3.03. The van der Waals surface area contributed by atoms with Gasteiger partial charge in [-0.25, -0.2) is 0 Å². The summed E-state index contributed by atoms with van der Waals surface area (Å²) in [6.45, 7) is 6.99. The van der Waals surface area contributed by atoms with Gasteiger partial charge in [-0.3, -0.25) is 0 Å². The fourth-order valence-corrected chi connectivity index (χ4v) is 3.39. The maximum absolute atomic E-state index is 4.46. The number of likely N-dealkylation sites (tertiary alicyclic amines) is 1. The van der Waals surface area contributed by atoms with Crippen LogP contribution in [-0.2, 0) is 0 Å². The molecule has 1 unspecified atom stereocenters. The molecular weight excluding hydrogens is 242 g/mol. The largest absolute Gasteiger partial charge is 0.375 e. The Morgan fingerprint density at radius 2 is 2.33 bits per heavy atom. The highest BCUT2D eigenvalue weighted by Crippen LogP contribution is 2.28. The molecule has 3 rings (SSSR count). The van der Waals surface area contributed by atoms with Crippen LogP contribution in [0, 0.1) is 5.92 Å². The van der Waals surface area contributed by atoms with Crippen LogP contribution in [0.3, 0.4) is 0 Å². The fourth-order valence-electron chi connectivity index (χ4n) is 2.62. The Morgan fingerprint density at radius 1 is 1.44 bits per heavy atom. The van der Waals surface area contributed by atoms with E-state index in [1.165, 1.54) is 36.4 Å². The lowest BCUT2D eigenvalue weighted by Gasteiger charge is -2.13. The molecule has 3 nitrogen and oxygen atoms in total. The minimum Gasteiger partial charge on any atom is -0.375 e. The number of fused-ring (bicyclic) bond motifs is 1. The Kier molecular flexibility index (Phi) is 3.48. The molecule has 2 aromatic rings. The van der Waals surface area contributed by atoms with Crippen LogP contribution < -0.4 is 5.32 Å². The quantitative estimate of drug-likeness (QED) is 0.917. The van der Waals surface area contributed by atoms with Crippen LogP contribution in [0.15, 0.2) is 24.3 Å². The number of rotatable bonds is 4. The summed E-state index contributed by atoms with van der Waals surface area (Å²) in [6, 6.07) is 8.35. The summed E-state index contributed by atoms with van der Waals surface area (Å²) in [5.74, 6) is 0.783. The van der Waals surface area contributed by atoms with Crippen LogP contribution in [0.1, 0.15) is 13.3 Å². The molecule has 0 amide bonds. The molecule has 2 heterocycles. The van der Waals surface area contributed by atoms with E-state index in [1.807, 2.05) is 6.07 Å². The zero-order valence-electron chi connectivity index (χ0n) is 10.7. The van der Waals surface area contributed by atoms with Gasteiger partial charge in [-0.15, -0.1) is 0 Å². The Balaban J connectivity index is 1.63. The topological polar surface area (TPSA) is 28.2 Å². The fraction of sp³-hybridized carbons (Fsp3) is 0.500. The van der Waals surface area contributed by atoms with E-state index in [2.05, 4.69) is 39.7 Å². The van der Waals surface area contributed by atoms with Gasteiger partial charge in [0, 0.05) is 18.5 Å². The van der Waals surface area contributed by atoms with Crippen molar-refractivity contribution in [1.29, 1.82) is 0 Å². The molecular formula is C14H19N3S. The Labute approximate surface area is 112 Å². The first-order chi connectivity index (χ1) is 8.86. The maximum atomic E-state index is 4.46. The maximum Gasteiger partial charge on any atom is 0.117 e. The summed E-state index contributed by atoms with van der Waals surface area (Å²) in [6.07, 6.45) is 1.32. The van der Waals surface area contributed by atoms with Gasteiger partial charge in [0.15, 0.2) is 0 Å². The first-order valence-corrected chi connectivity index (χ1v) is 7.45. The highest BCUT2D eigenvalue weighted by atomic mass is 32.1. The van der Waals surface area contributed by atoms with Gasteiger partial charge >= 0.3 is 0 Å². The summed E-state index contributed by atoms with van der Waals surface area (Å²) >= 11 is 1.58. The molecule has 1 fully saturated rings. The predicted octanol–water partition coefficient (Wildman–Crippen LogP) is 3.05. The van der Waals surface area contributed by atoms with Crippen molar-refractivity contribution in [2.24, 2.45) is 5.92 Å². The van der Waals surface area contributed by atoms with Gasteiger partial charge in [0.2, 0.25) is 0 Å². The number of hydrogen-bond acceptors (Lipinski definition) is 4. The minimum atomic E-state index is 0.783. The second-order valence-electron chi connectivity index (χ2n) is 4.96. The third kappa shape index (κ3) is 2.35. The zero-order valence-corrected chi connectivity index (χ0v) is 11.5. The number of nitrogens with zero attached hydrogens (tertiary/aromatic N) is 2. The summed E-state index contributed by atoms with van der Waals surface area (Å²) < 4.78 is 4.46. The summed E-state index contributed by atoms with van der Waals surface area (Å²) in [5, 5.41) is 6.06. The van der Waals surface area contributed by atoms with Gasteiger partial charge in [0.1, 0.15) is 5.00 Å². The molecule has 1 aliphatic heterocycles. The van der Waals surface area contributed by atoms with Gasteiger partial charge in [-0.2, -0.15) is 4.37 Å². The zero-order chi connectivity index (χ0) is 12.4. The lowest BCUT2D eigenvalue weighted by molar-refractivity contribution is 0.345. The summed E-state index contributed by atoms with van der Waals surface area (Å²) in [7, 11) is 0. The van der Waals surface area contributed by atoms with E-state index in [4.69, 9.17) is 0 Å². The number of nitrogens with one attached hydrogen (secondary N) is 1. The summed E-state index contributed by atoms with van der Waals surface area (Å²) in [5.41, 5.74) is 1.10. The van der Waals surface area contributed by atoms with Crippen molar-refractivity contribution in [3.05, 3.63) is 24.3 Å². The second-order valence-corrected chi connectivity index (χ2v) is 5.73. The van der Waals surface area contributed by atoms with Crippen LogP contribution in [0.5, 0.6) is 0 Å². The van der Waals surface area contributed by atoms with E-state index >= 15 is 0 Å². The molecule has 4 heteroatoms. The van der Waals surface area contributed by atoms with Gasteiger partial charge in [-0.05, 0) is 49.1 Å². The Morgan fingerprint density at radius 3 is 3.17 bits per heavy atom. The SMILES string of the molecule is CCN1CCC(CNc2snc3ccccc23)C1. The number of hydrogen-bond donors (Lipinski definition) is 1. The molecule has 0 saturated carbocycles. The smallest absolute Gasteiger partial charge is 0.117 e. The van der Waals surface area contributed by atoms with Crippen molar-refractivity contribution in [1.82, 2.24) is 9.27 Å². The van der Waals surface area contributed by atoms with E-state index in [0.29, 0.717) is 0 Å². The monoisotopic (exact) mass is 261 g/mol. The van der Waals surface area contributed by atoms with E-state index in [9.17, 15) is 0 Å². The molecule has 1 aliphatic rings.